The first-order chi connectivity index (χ1) is 16.0. The molecule has 2 aromatic rings. The number of carbonyl (C=O) groups excluding carboxylic acids is 3. The van der Waals surface area contributed by atoms with E-state index in [1.54, 1.807) is 49.6 Å². The van der Waals surface area contributed by atoms with Gasteiger partial charge < -0.3 is 14.8 Å². The number of allylic oxidation sites excluding steroid dienone is 2. The van der Waals surface area contributed by atoms with Crippen LogP contribution in [0.4, 0.5) is 11.4 Å². The van der Waals surface area contributed by atoms with Crippen molar-refractivity contribution in [2.24, 2.45) is 35.5 Å². The molecule has 7 rings (SSSR count). The second kappa shape index (κ2) is 7.20. The van der Waals surface area contributed by atoms with Gasteiger partial charge in [-0.2, -0.15) is 0 Å². The van der Waals surface area contributed by atoms with Gasteiger partial charge in [-0.15, -0.1) is 0 Å². The fourth-order valence-electron chi connectivity index (χ4n) is 6.07. The Morgan fingerprint density at radius 1 is 0.909 bits per heavy atom. The molecule has 5 aliphatic rings. The van der Waals surface area contributed by atoms with Gasteiger partial charge in [-0.3, -0.25) is 19.3 Å². The van der Waals surface area contributed by atoms with E-state index in [-0.39, 0.29) is 41.4 Å². The van der Waals surface area contributed by atoms with Crippen LogP contribution in [0, 0.1) is 35.5 Å². The molecule has 0 radical (unpaired) electrons. The van der Waals surface area contributed by atoms with Crippen LogP contribution >= 0.6 is 0 Å². The molecule has 168 valence electrons. The van der Waals surface area contributed by atoms with Gasteiger partial charge in [-0.1, -0.05) is 12.2 Å². The molecule has 33 heavy (non-hydrogen) atoms. The molecular weight excluding hydrogens is 420 g/mol. The quantitative estimate of drug-likeness (QED) is 0.564. The molecule has 4 aliphatic carbocycles. The molecule has 7 heteroatoms. The second-order valence-corrected chi connectivity index (χ2v) is 9.23. The highest BCUT2D eigenvalue weighted by Gasteiger charge is 2.67. The van der Waals surface area contributed by atoms with Gasteiger partial charge in [-0.25, -0.2) is 0 Å². The number of nitrogens with zero attached hydrogens (tertiary/aromatic N) is 1. The van der Waals surface area contributed by atoms with Crippen LogP contribution in [0.3, 0.4) is 0 Å². The number of hydrogen-bond donors (Lipinski definition) is 1. The van der Waals surface area contributed by atoms with E-state index in [0.29, 0.717) is 40.3 Å². The van der Waals surface area contributed by atoms with Crippen LogP contribution in [-0.4, -0.2) is 31.9 Å². The van der Waals surface area contributed by atoms with Crippen molar-refractivity contribution in [1.82, 2.24) is 0 Å². The van der Waals surface area contributed by atoms with Crippen molar-refractivity contribution < 1.29 is 23.9 Å². The number of benzene rings is 2. The lowest BCUT2D eigenvalue weighted by Gasteiger charge is -2.37. The minimum Gasteiger partial charge on any atom is -0.497 e. The summed E-state index contributed by atoms with van der Waals surface area (Å²) in [5.41, 5.74) is 1.45. The first-order valence-corrected chi connectivity index (χ1v) is 11.2. The van der Waals surface area contributed by atoms with E-state index in [1.165, 1.54) is 12.0 Å². The standard InChI is InChI=1S/C26H24N2O5/c1-32-15-7-10-20(21(11-15)33-2)27-24(29)13-3-5-14(6-4-13)28-25(30)22-16-8-9-17(19-12-18(16)19)23(22)26(28)31/h3-11,16-19,22-23H,12H2,1-2H3,(H,27,29)/t16-,17-,18-,19-,22+,23+/m0/s1. The number of methoxy groups -OCH3 is 2. The van der Waals surface area contributed by atoms with Crippen molar-refractivity contribution in [2.75, 3.05) is 24.4 Å². The molecule has 2 saturated carbocycles. The van der Waals surface area contributed by atoms with Gasteiger partial charge in [0.2, 0.25) is 11.8 Å². The zero-order valence-electron chi connectivity index (χ0n) is 18.4. The Morgan fingerprint density at radius 2 is 1.55 bits per heavy atom. The van der Waals surface area contributed by atoms with Crippen molar-refractivity contribution in [3.05, 3.63) is 60.2 Å². The number of amides is 3. The first-order valence-electron chi connectivity index (χ1n) is 11.2. The molecule has 1 N–H and O–H groups in total. The maximum absolute atomic E-state index is 13.3. The topological polar surface area (TPSA) is 84.9 Å². The smallest absolute Gasteiger partial charge is 0.255 e. The van der Waals surface area contributed by atoms with Crippen molar-refractivity contribution >= 4 is 29.1 Å². The maximum atomic E-state index is 13.3. The minimum absolute atomic E-state index is 0.102. The lowest BCUT2D eigenvalue weighted by atomic mass is 9.63. The van der Waals surface area contributed by atoms with Gasteiger partial charge in [0.05, 0.1) is 37.4 Å². The van der Waals surface area contributed by atoms with Gasteiger partial charge in [0.15, 0.2) is 0 Å². The number of imide groups is 1. The minimum atomic E-state index is -0.319. The Bertz CT molecular complexity index is 1170. The molecule has 0 unspecified atom stereocenters. The summed E-state index contributed by atoms with van der Waals surface area (Å²) in [5.74, 6) is 1.63. The zero-order chi connectivity index (χ0) is 22.9. The first kappa shape index (κ1) is 20.0. The van der Waals surface area contributed by atoms with E-state index in [9.17, 15) is 14.4 Å². The number of anilines is 2. The molecule has 3 fully saturated rings. The second-order valence-electron chi connectivity index (χ2n) is 9.23. The molecule has 0 spiro atoms. The van der Waals surface area contributed by atoms with E-state index in [4.69, 9.17) is 9.47 Å². The summed E-state index contributed by atoms with van der Waals surface area (Å²) in [6.07, 6.45) is 5.46. The lowest BCUT2D eigenvalue weighted by Crippen LogP contribution is -2.40. The SMILES string of the molecule is COc1ccc(NC(=O)c2ccc(N3C(=O)[C@@H]4[C@H]5C=C[C@@H]([C@@H]6C[C@@H]56)[C@H]4C3=O)cc2)c(OC)c1. The van der Waals surface area contributed by atoms with E-state index in [2.05, 4.69) is 17.5 Å². The summed E-state index contributed by atoms with van der Waals surface area (Å²) in [7, 11) is 3.08. The third-order valence-corrected chi connectivity index (χ3v) is 7.71. The summed E-state index contributed by atoms with van der Waals surface area (Å²) in [4.78, 5) is 40.6. The highest BCUT2D eigenvalue weighted by Crippen LogP contribution is 2.65. The monoisotopic (exact) mass is 444 g/mol. The van der Waals surface area contributed by atoms with Crippen molar-refractivity contribution in [3.63, 3.8) is 0 Å². The molecule has 1 aliphatic heterocycles. The largest absolute Gasteiger partial charge is 0.497 e. The number of rotatable bonds is 5. The third-order valence-electron chi connectivity index (χ3n) is 7.71. The van der Waals surface area contributed by atoms with E-state index < -0.39 is 0 Å². The van der Waals surface area contributed by atoms with Crippen LogP contribution in [0.2, 0.25) is 0 Å². The van der Waals surface area contributed by atoms with Crippen LogP contribution in [0.15, 0.2) is 54.6 Å². The number of carbonyl (C=O) groups is 3. The zero-order valence-corrected chi connectivity index (χ0v) is 18.4. The predicted molar refractivity (Wildman–Crippen MR) is 121 cm³/mol. The van der Waals surface area contributed by atoms with E-state index >= 15 is 0 Å². The molecule has 7 nitrogen and oxygen atoms in total. The average molecular weight is 444 g/mol. The molecule has 1 saturated heterocycles. The van der Waals surface area contributed by atoms with Gasteiger partial charge in [0.1, 0.15) is 11.5 Å². The summed E-state index contributed by atoms with van der Waals surface area (Å²) in [6, 6.07) is 11.7. The van der Waals surface area contributed by atoms with Gasteiger partial charge in [0.25, 0.3) is 5.91 Å². The number of ether oxygens (including phenoxy) is 2. The van der Waals surface area contributed by atoms with Crippen LogP contribution in [0.5, 0.6) is 11.5 Å². The molecule has 2 bridgehead atoms. The number of nitrogens with one attached hydrogen (secondary N) is 1. The summed E-state index contributed by atoms with van der Waals surface area (Å²) >= 11 is 0. The lowest BCUT2D eigenvalue weighted by molar-refractivity contribution is -0.124. The maximum Gasteiger partial charge on any atom is 0.255 e. The summed E-state index contributed by atoms with van der Waals surface area (Å²) in [6.45, 7) is 0. The molecule has 3 amide bonds. The third kappa shape index (κ3) is 2.91. The Balaban J connectivity index is 1.21. The van der Waals surface area contributed by atoms with Crippen molar-refractivity contribution in [2.45, 2.75) is 6.42 Å². The normalized spacial score (nSPS) is 30.7. The fraction of sp³-hybridized carbons (Fsp3) is 0.346. The van der Waals surface area contributed by atoms with E-state index in [0.717, 1.165) is 6.42 Å². The fourth-order valence-corrected chi connectivity index (χ4v) is 6.07. The van der Waals surface area contributed by atoms with Crippen LogP contribution in [0.1, 0.15) is 16.8 Å². The molecule has 1 heterocycles. The Morgan fingerprint density at radius 3 is 2.12 bits per heavy atom. The predicted octanol–water partition coefficient (Wildman–Crippen LogP) is 3.51. The number of hydrogen-bond acceptors (Lipinski definition) is 5. The highest BCUT2D eigenvalue weighted by molar-refractivity contribution is 6.22. The molecule has 6 atom stereocenters. The van der Waals surface area contributed by atoms with Crippen LogP contribution in [-0.2, 0) is 9.59 Å². The van der Waals surface area contributed by atoms with Crippen LogP contribution < -0.4 is 19.7 Å². The van der Waals surface area contributed by atoms with Crippen LogP contribution in [0.25, 0.3) is 0 Å². The Labute approximate surface area is 191 Å². The van der Waals surface area contributed by atoms with E-state index in [1.807, 2.05) is 0 Å². The Kier molecular flexibility index (Phi) is 4.37. The summed E-state index contributed by atoms with van der Waals surface area (Å²) in [5, 5.41) is 2.83. The van der Waals surface area contributed by atoms with Crippen molar-refractivity contribution in [3.8, 4) is 11.5 Å². The Hall–Kier alpha value is -3.61. The molecule has 2 aromatic carbocycles. The summed E-state index contributed by atoms with van der Waals surface area (Å²) < 4.78 is 10.5. The van der Waals surface area contributed by atoms with Gasteiger partial charge in [0, 0.05) is 11.6 Å². The van der Waals surface area contributed by atoms with Gasteiger partial charge >= 0.3 is 0 Å². The molecule has 0 aromatic heterocycles. The highest BCUT2D eigenvalue weighted by atomic mass is 16.5. The van der Waals surface area contributed by atoms with Crippen molar-refractivity contribution in [1.29, 1.82) is 0 Å². The average Bonchev–Trinajstić information content (AvgIpc) is 3.62. The molecular formula is C26H24N2O5. The van der Waals surface area contributed by atoms with Gasteiger partial charge in [-0.05, 0) is 66.5 Å².